The first-order valence-corrected chi connectivity index (χ1v) is 10.9. The van der Waals surface area contributed by atoms with Crippen molar-refractivity contribution in [2.45, 2.75) is 64.2 Å². The number of benzene rings is 1. The lowest BCUT2D eigenvalue weighted by Gasteiger charge is -2.35. The largest absolute Gasteiger partial charge is 0.339 e. The molecule has 142 valence electrons. The van der Waals surface area contributed by atoms with Crippen molar-refractivity contribution in [2.24, 2.45) is 5.92 Å². The summed E-state index contributed by atoms with van der Waals surface area (Å²) in [6.07, 6.45) is 12.8. The summed E-state index contributed by atoms with van der Waals surface area (Å²) in [6.45, 7) is 5.70. The molecule has 3 heteroatoms. The van der Waals surface area contributed by atoms with Crippen LogP contribution >= 0.6 is 0 Å². The molecule has 4 rings (SSSR count). The van der Waals surface area contributed by atoms with E-state index >= 15 is 0 Å². The maximum atomic E-state index is 12.9. The monoisotopic (exact) mass is 354 g/mol. The van der Waals surface area contributed by atoms with Gasteiger partial charge in [-0.25, -0.2) is 0 Å². The number of carbonyl (C=O) groups is 1. The van der Waals surface area contributed by atoms with Crippen molar-refractivity contribution in [3.8, 4) is 0 Å². The van der Waals surface area contributed by atoms with E-state index in [1.54, 1.807) is 0 Å². The van der Waals surface area contributed by atoms with Gasteiger partial charge in [0.1, 0.15) is 0 Å². The molecule has 0 spiro atoms. The lowest BCUT2D eigenvalue weighted by molar-refractivity contribution is 0.0667. The Morgan fingerprint density at radius 2 is 1.54 bits per heavy atom. The molecular formula is C23H34N2O. The number of aryl methyl sites for hydroxylation is 2. The van der Waals surface area contributed by atoms with E-state index in [1.807, 2.05) is 0 Å². The first kappa shape index (κ1) is 18.0. The fourth-order valence-electron chi connectivity index (χ4n) is 5.05. The van der Waals surface area contributed by atoms with Crippen LogP contribution in [0.1, 0.15) is 72.9 Å². The molecule has 0 unspecified atom stereocenters. The highest BCUT2D eigenvalue weighted by atomic mass is 16.2. The molecule has 1 aromatic carbocycles. The van der Waals surface area contributed by atoms with E-state index in [0.29, 0.717) is 0 Å². The van der Waals surface area contributed by atoms with Crippen LogP contribution in [0.5, 0.6) is 0 Å². The van der Waals surface area contributed by atoms with Gasteiger partial charge in [0.25, 0.3) is 5.91 Å². The van der Waals surface area contributed by atoms with Gasteiger partial charge < -0.3 is 9.80 Å². The first-order valence-electron chi connectivity index (χ1n) is 10.9. The van der Waals surface area contributed by atoms with Gasteiger partial charge in [0.15, 0.2) is 0 Å². The number of rotatable bonds is 3. The van der Waals surface area contributed by atoms with Crippen LogP contribution in [0.2, 0.25) is 0 Å². The third-order valence-corrected chi connectivity index (χ3v) is 6.71. The number of nitrogens with zero attached hydrogens (tertiary/aromatic N) is 2. The quantitative estimate of drug-likeness (QED) is 0.808. The van der Waals surface area contributed by atoms with Gasteiger partial charge in [-0.3, -0.25) is 4.79 Å². The van der Waals surface area contributed by atoms with E-state index in [9.17, 15) is 4.79 Å². The highest BCUT2D eigenvalue weighted by Crippen LogP contribution is 2.25. The molecule has 0 radical (unpaired) electrons. The van der Waals surface area contributed by atoms with Crippen molar-refractivity contribution in [1.29, 1.82) is 0 Å². The van der Waals surface area contributed by atoms with E-state index in [2.05, 4.69) is 28.0 Å². The van der Waals surface area contributed by atoms with Gasteiger partial charge in [-0.1, -0.05) is 18.9 Å². The minimum Gasteiger partial charge on any atom is -0.339 e. The molecule has 26 heavy (non-hydrogen) atoms. The third kappa shape index (κ3) is 4.31. The van der Waals surface area contributed by atoms with Crippen LogP contribution in [-0.2, 0) is 12.8 Å². The van der Waals surface area contributed by atoms with Gasteiger partial charge in [-0.05, 0) is 93.6 Å². The topological polar surface area (TPSA) is 23.6 Å². The molecule has 0 bridgehead atoms. The van der Waals surface area contributed by atoms with Crippen LogP contribution in [-0.4, -0.2) is 48.4 Å². The normalized spacial score (nSPS) is 22.7. The molecule has 0 atom stereocenters. The number of hydrogen-bond acceptors (Lipinski definition) is 2. The zero-order valence-electron chi connectivity index (χ0n) is 16.2. The molecule has 2 fully saturated rings. The second kappa shape index (κ2) is 8.56. The Morgan fingerprint density at radius 1 is 0.846 bits per heavy atom. The van der Waals surface area contributed by atoms with Crippen molar-refractivity contribution in [3.63, 3.8) is 0 Å². The van der Waals surface area contributed by atoms with Crippen molar-refractivity contribution in [1.82, 2.24) is 9.80 Å². The summed E-state index contributed by atoms with van der Waals surface area (Å²) in [4.78, 5) is 17.7. The van der Waals surface area contributed by atoms with E-state index in [4.69, 9.17) is 0 Å². The zero-order chi connectivity index (χ0) is 17.8. The van der Waals surface area contributed by atoms with Crippen LogP contribution in [0.4, 0.5) is 0 Å². The van der Waals surface area contributed by atoms with Crippen LogP contribution in [0.15, 0.2) is 18.2 Å². The van der Waals surface area contributed by atoms with Gasteiger partial charge in [0.2, 0.25) is 0 Å². The summed E-state index contributed by atoms with van der Waals surface area (Å²) in [5.74, 6) is 1.03. The molecule has 2 heterocycles. The molecule has 0 saturated carbocycles. The van der Waals surface area contributed by atoms with Gasteiger partial charge >= 0.3 is 0 Å². The first-order chi connectivity index (χ1) is 12.8. The highest BCUT2D eigenvalue weighted by Gasteiger charge is 2.25. The zero-order valence-corrected chi connectivity index (χ0v) is 16.2. The smallest absolute Gasteiger partial charge is 0.253 e. The number of piperidine rings is 1. The van der Waals surface area contributed by atoms with Gasteiger partial charge in [0.05, 0.1) is 0 Å². The maximum Gasteiger partial charge on any atom is 0.253 e. The predicted molar refractivity (Wildman–Crippen MR) is 107 cm³/mol. The van der Waals surface area contributed by atoms with Crippen LogP contribution in [0.25, 0.3) is 0 Å². The SMILES string of the molecule is O=C(c1ccc2c(c1)CCCC2)N1CCC(CN2CCCCCC2)CC1. The van der Waals surface area contributed by atoms with Crippen molar-refractivity contribution < 1.29 is 4.79 Å². The Kier molecular flexibility index (Phi) is 5.94. The summed E-state index contributed by atoms with van der Waals surface area (Å²) in [7, 11) is 0. The van der Waals surface area contributed by atoms with Crippen LogP contribution in [0.3, 0.4) is 0 Å². The van der Waals surface area contributed by atoms with Crippen molar-refractivity contribution in [3.05, 3.63) is 34.9 Å². The Hall–Kier alpha value is -1.35. The lowest BCUT2D eigenvalue weighted by atomic mass is 9.90. The summed E-state index contributed by atoms with van der Waals surface area (Å²) in [5, 5.41) is 0. The molecule has 3 aliphatic rings. The van der Waals surface area contributed by atoms with E-state index in [0.717, 1.165) is 31.0 Å². The van der Waals surface area contributed by atoms with Gasteiger partial charge in [-0.2, -0.15) is 0 Å². The van der Waals surface area contributed by atoms with E-state index < -0.39 is 0 Å². The van der Waals surface area contributed by atoms with Crippen LogP contribution in [0, 0.1) is 5.92 Å². The minimum absolute atomic E-state index is 0.256. The summed E-state index contributed by atoms with van der Waals surface area (Å²) in [6, 6.07) is 6.45. The molecule has 1 aromatic rings. The molecule has 1 aliphatic carbocycles. The third-order valence-electron chi connectivity index (χ3n) is 6.71. The fraction of sp³-hybridized carbons (Fsp3) is 0.696. The van der Waals surface area contributed by atoms with E-state index in [1.165, 1.54) is 88.5 Å². The van der Waals surface area contributed by atoms with Gasteiger partial charge in [0, 0.05) is 25.2 Å². The maximum absolute atomic E-state index is 12.9. The summed E-state index contributed by atoms with van der Waals surface area (Å²) in [5.41, 5.74) is 3.79. The molecule has 1 amide bonds. The average Bonchev–Trinajstić information content (AvgIpc) is 2.96. The predicted octanol–water partition coefficient (Wildman–Crippen LogP) is 4.29. The lowest BCUT2D eigenvalue weighted by Crippen LogP contribution is -2.41. The summed E-state index contributed by atoms with van der Waals surface area (Å²) < 4.78 is 0. The fourth-order valence-corrected chi connectivity index (χ4v) is 5.05. The average molecular weight is 355 g/mol. The number of likely N-dealkylation sites (tertiary alicyclic amines) is 2. The number of amides is 1. The molecule has 3 nitrogen and oxygen atoms in total. The molecule has 0 aromatic heterocycles. The highest BCUT2D eigenvalue weighted by molar-refractivity contribution is 5.94. The van der Waals surface area contributed by atoms with Crippen LogP contribution < -0.4 is 0 Å². The molecule has 2 saturated heterocycles. The Balaban J connectivity index is 1.30. The van der Waals surface area contributed by atoms with Crippen molar-refractivity contribution >= 4 is 5.91 Å². The van der Waals surface area contributed by atoms with Gasteiger partial charge in [-0.15, -0.1) is 0 Å². The van der Waals surface area contributed by atoms with E-state index in [-0.39, 0.29) is 5.91 Å². The number of fused-ring (bicyclic) bond motifs is 1. The Bertz CT molecular complexity index is 611. The second-order valence-corrected chi connectivity index (χ2v) is 8.64. The minimum atomic E-state index is 0.256. The standard InChI is InChI=1S/C23H34N2O/c26-23(22-10-9-20-7-3-4-8-21(20)17-22)25-15-11-19(12-16-25)18-24-13-5-1-2-6-14-24/h9-10,17,19H,1-8,11-16,18H2. The number of hydrogen-bond donors (Lipinski definition) is 0. The Labute approximate surface area is 158 Å². The Morgan fingerprint density at radius 3 is 2.27 bits per heavy atom. The van der Waals surface area contributed by atoms with Crippen molar-refractivity contribution in [2.75, 3.05) is 32.7 Å². The molecule has 2 aliphatic heterocycles. The number of carbonyl (C=O) groups excluding carboxylic acids is 1. The summed E-state index contributed by atoms with van der Waals surface area (Å²) >= 11 is 0. The second-order valence-electron chi connectivity index (χ2n) is 8.64. The molecular weight excluding hydrogens is 320 g/mol. The molecule has 0 N–H and O–H groups in total.